The second-order valence-electron chi connectivity index (χ2n) is 4.27. The molecule has 1 unspecified atom stereocenters. The lowest BCUT2D eigenvalue weighted by Gasteiger charge is -2.47. The molecule has 0 saturated carbocycles. The van der Waals surface area contributed by atoms with E-state index >= 15 is 0 Å². The smallest absolute Gasteiger partial charge is 0.0449 e. The van der Waals surface area contributed by atoms with Gasteiger partial charge in [0.1, 0.15) is 0 Å². The Hall–Kier alpha value is -0.820. The number of aryl methyl sites for hydroxylation is 1. The molecule has 0 aromatic heterocycles. The fraction of sp³-hybridized carbons (Fsp3) is 0.500. The van der Waals surface area contributed by atoms with Crippen molar-refractivity contribution < 1.29 is 0 Å². The minimum Gasteiger partial charge on any atom is -0.307 e. The van der Waals surface area contributed by atoms with Gasteiger partial charge in [0.05, 0.1) is 0 Å². The summed E-state index contributed by atoms with van der Waals surface area (Å²) < 4.78 is 0. The predicted molar refractivity (Wildman–Crippen MR) is 53.7 cm³/mol. The summed E-state index contributed by atoms with van der Waals surface area (Å²) in [5.41, 5.74) is 3.53. The first-order valence-electron chi connectivity index (χ1n) is 5.24. The molecule has 1 heterocycles. The van der Waals surface area contributed by atoms with E-state index in [1.165, 1.54) is 32.2 Å². The van der Waals surface area contributed by atoms with Crippen molar-refractivity contribution in [1.29, 1.82) is 0 Å². The number of nitrogens with one attached hydrogen (secondary N) is 1. The van der Waals surface area contributed by atoms with Gasteiger partial charge in [0.2, 0.25) is 0 Å². The zero-order valence-electron chi connectivity index (χ0n) is 7.84. The van der Waals surface area contributed by atoms with Crippen LogP contribution >= 0.6 is 0 Å². The van der Waals surface area contributed by atoms with E-state index < -0.39 is 0 Å². The van der Waals surface area contributed by atoms with Gasteiger partial charge in [-0.15, -0.1) is 0 Å². The molecule has 0 bridgehead atoms. The molecule has 1 fully saturated rings. The average molecular weight is 173 g/mol. The van der Waals surface area contributed by atoms with Gasteiger partial charge in [-0.1, -0.05) is 24.3 Å². The maximum atomic E-state index is 3.62. The Morgan fingerprint density at radius 2 is 2.00 bits per heavy atom. The summed E-state index contributed by atoms with van der Waals surface area (Å²) in [6.07, 6.45) is 5.30. The second kappa shape index (κ2) is 2.58. The highest BCUT2D eigenvalue weighted by Gasteiger charge is 2.40. The summed E-state index contributed by atoms with van der Waals surface area (Å²) in [6.45, 7) is 1.20. The number of benzene rings is 1. The summed E-state index contributed by atoms with van der Waals surface area (Å²) in [6, 6.07) is 8.93. The standard InChI is InChI=1S/C12H15N/c1-2-6-11-10(4-1)5-3-7-12(11)8-9-13-12/h1-2,4,6,13H,3,5,7-9H2. The molecule has 1 aromatic carbocycles. The quantitative estimate of drug-likeness (QED) is 0.634. The van der Waals surface area contributed by atoms with Crippen molar-refractivity contribution in [2.75, 3.05) is 6.54 Å². The van der Waals surface area contributed by atoms with Crippen LogP contribution in [0.5, 0.6) is 0 Å². The van der Waals surface area contributed by atoms with Gasteiger partial charge in [0, 0.05) is 5.54 Å². The topological polar surface area (TPSA) is 12.0 Å². The number of fused-ring (bicyclic) bond motifs is 2. The number of rotatable bonds is 0. The van der Waals surface area contributed by atoms with Crippen molar-refractivity contribution in [3.05, 3.63) is 35.4 Å². The highest BCUT2D eigenvalue weighted by Crippen LogP contribution is 2.41. The van der Waals surface area contributed by atoms with Crippen molar-refractivity contribution >= 4 is 0 Å². The molecule has 2 aliphatic rings. The fourth-order valence-corrected chi connectivity index (χ4v) is 2.79. The molecule has 13 heavy (non-hydrogen) atoms. The molecule has 1 N–H and O–H groups in total. The van der Waals surface area contributed by atoms with Crippen LogP contribution in [0.2, 0.25) is 0 Å². The summed E-state index contributed by atoms with van der Waals surface area (Å²) in [5, 5.41) is 3.62. The van der Waals surface area contributed by atoms with E-state index in [9.17, 15) is 0 Å². The third kappa shape index (κ3) is 0.969. The first kappa shape index (κ1) is 7.57. The monoisotopic (exact) mass is 173 g/mol. The van der Waals surface area contributed by atoms with Crippen LogP contribution in [-0.2, 0) is 12.0 Å². The van der Waals surface area contributed by atoms with Gasteiger partial charge < -0.3 is 5.32 Å². The van der Waals surface area contributed by atoms with Crippen LogP contribution in [0.1, 0.15) is 30.4 Å². The van der Waals surface area contributed by atoms with Crippen LogP contribution in [0.4, 0.5) is 0 Å². The van der Waals surface area contributed by atoms with E-state index in [0.717, 1.165) is 0 Å². The van der Waals surface area contributed by atoms with Gasteiger partial charge in [-0.2, -0.15) is 0 Å². The van der Waals surface area contributed by atoms with Crippen molar-refractivity contribution in [3.8, 4) is 0 Å². The summed E-state index contributed by atoms with van der Waals surface area (Å²) in [5.74, 6) is 0. The van der Waals surface area contributed by atoms with Crippen LogP contribution in [0.25, 0.3) is 0 Å². The predicted octanol–water partition coefficient (Wildman–Crippen LogP) is 2.21. The van der Waals surface area contributed by atoms with Crippen LogP contribution in [0, 0.1) is 0 Å². The molecular weight excluding hydrogens is 158 g/mol. The molecule has 1 aromatic rings. The Balaban J connectivity index is 2.11. The first-order valence-corrected chi connectivity index (χ1v) is 5.24. The first-order chi connectivity index (χ1) is 6.41. The Morgan fingerprint density at radius 1 is 1.15 bits per heavy atom. The number of hydrogen-bond acceptors (Lipinski definition) is 1. The van der Waals surface area contributed by atoms with Crippen molar-refractivity contribution in [2.24, 2.45) is 0 Å². The molecule has 1 aliphatic carbocycles. The second-order valence-corrected chi connectivity index (χ2v) is 4.27. The lowest BCUT2D eigenvalue weighted by atomic mass is 9.71. The molecule has 1 atom stereocenters. The van der Waals surface area contributed by atoms with E-state index in [1.54, 1.807) is 11.1 Å². The van der Waals surface area contributed by atoms with E-state index in [1.807, 2.05) is 0 Å². The fourth-order valence-electron chi connectivity index (χ4n) is 2.79. The molecule has 3 rings (SSSR count). The number of hydrogen-bond donors (Lipinski definition) is 1. The van der Waals surface area contributed by atoms with Gasteiger partial charge in [0.25, 0.3) is 0 Å². The van der Waals surface area contributed by atoms with Crippen LogP contribution in [0.3, 0.4) is 0 Å². The molecule has 1 saturated heterocycles. The van der Waals surface area contributed by atoms with Crippen LogP contribution in [0.15, 0.2) is 24.3 Å². The normalized spacial score (nSPS) is 31.1. The Kier molecular flexibility index (Phi) is 1.50. The van der Waals surface area contributed by atoms with Crippen LogP contribution in [-0.4, -0.2) is 6.54 Å². The minimum atomic E-state index is 0.384. The van der Waals surface area contributed by atoms with E-state index in [-0.39, 0.29) is 0 Å². The molecule has 1 heteroatoms. The van der Waals surface area contributed by atoms with Gasteiger partial charge >= 0.3 is 0 Å². The largest absolute Gasteiger partial charge is 0.307 e. The molecule has 1 aliphatic heterocycles. The van der Waals surface area contributed by atoms with Gasteiger partial charge in [-0.25, -0.2) is 0 Å². The Bertz CT molecular complexity index is 326. The molecule has 0 amide bonds. The summed E-state index contributed by atoms with van der Waals surface area (Å²) in [7, 11) is 0. The zero-order chi connectivity index (χ0) is 8.73. The van der Waals surface area contributed by atoms with Crippen molar-refractivity contribution in [1.82, 2.24) is 5.32 Å². The molecule has 1 nitrogen and oxygen atoms in total. The summed E-state index contributed by atoms with van der Waals surface area (Å²) in [4.78, 5) is 0. The average Bonchev–Trinajstić information content (AvgIpc) is 2.14. The van der Waals surface area contributed by atoms with Crippen LogP contribution < -0.4 is 5.32 Å². The van der Waals surface area contributed by atoms with E-state index in [2.05, 4.69) is 29.6 Å². The zero-order valence-corrected chi connectivity index (χ0v) is 7.84. The molecule has 68 valence electrons. The molecular formula is C12H15N. The maximum absolute atomic E-state index is 3.62. The Labute approximate surface area is 79.2 Å². The SMILES string of the molecule is c1ccc2c(c1)CCCC21CCN1. The molecule has 0 radical (unpaired) electrons. The van der Waals surface area contributed by atoms with Gasteiger partial charge in [0.15, 0.2) is 0 Å². The van der Waals surface area contributed by atoms with Crippen molar-refractivity contribution in [3.63, 3.8) is 0 Å². The maximum Gasteiger partial charge on any atom is 0.0449 e. The summed E-state index contributed by atoms with van der Waals surface area (Å²) >= 11 is 0. The lowest BCUT2D eigenvalue weighted by molar-refractivity contribution is 0.178. The third-order valence-electron chi connectivity index (χ3n) is 3.60. The van der Waals surface area contributed by atoms with Gasteiger partial charge in [-0.3, -0.25) is 0 Å². The van der Waals surface area contributed by atoms with E-state index in [0.29, 0.717) is 5.54 Å². The molecule has 1 spiro atoms. The van der Waals surface area contributed by atoms with Gasteiger partial charge in [-0.05, 0) is 43.4 Å². The lowest BCUT2D eigenvalue weighted by Crippen LogP contribution is -2.55. The Morgan fingerprint density at radius 3 is 2.77 bits per heavy atom. The highest BCUT2D eigenvalue weighted by molar-refractivity contribution is 5.37. The highest BCUT2D eigenvalue weighted by atomic mass is 15.0. The van der Waals surface area contributed by atoms with Crippen molar-refractivity contribution in [2.45, 2.75) is 31.2 Å². The minimum absolute atomic E-state index is 0.384. The third-order valence-corrected chi connectivity index (χ3v) is 3.60. The van der Waals surface area contributed by atoms with E-state index in [4.69, 9.17) is 0 Å².